The molecule has 1 aromatic heterocycles. The van der Waals surface area contributed by atoms with Crippen LogP contribution in [0.4, 0.5) is 15.9 Å². The van der Waals surface area contributed by atoms with Crippen molar-refractivity contribution in [3.63, 3.8) is 0 Å². The third kappa shape index (κ3) is 4.67. The number of anilines is 2. The van der Waals surface area contributed by atoms with Crippen molar-refractivity contribution in [2.24, 2.45) is 0 Å². The Labute approximate surface area is 157 Å². The number of carbonyl (C=O) groups is 1. The minimum Gasteiger partial charge on any atom is -0.347 e. The summed E-state index contributed by atoms with van der Waals surface area (Å²) >= 11 is 0. The molecule has 138 valence electrons. The molecule has 6 heteroatoms. The van der Waals surface area contributed by atoms with Gasteiger partial charge in [0.25, 0.3) is 5.91 Å². The van der Waals surface area contributed by atoms with Crippen LogP contribution in [-0.4, -0.2) is 15.9 Å². The van der Waals surface area contributed by atoms with E-state index in [0.717, 1.165) is 23.2 Å². The molecule has 27 heavy (non-hydrogen) atoms. The lowest BCUT2D eigenvalue weighted by atomic mass is 10.1. The van der Waals surface area contributed by atoms with Gasteiger partial charge in [0.1, 0.15) is 23.7 Å². The fraction of sp³-hybridized carbons (Fsp3) is 0.190. The molecule has 1 heterocycles. The topological polar surface area (TPSA) is 66.9 Å². The lowest BCUT2D eigenvalue weighted by Crippen LogP contribution is -2.24. The van der Waals surface area contributed by atoms with E-state index in [4.69, 9.17) is 0 Å². The Morgan fingerprint density at radius 2 is 1.89 bits per heavy atom. The average Bonchev–Trinajstić information content (AvgIpc) is 2.69. The summed E-state index contributed by atoms with van der Waals surface area (Å²) in [5.74, 6) is -0.0644. The van der Waals surface area contributed by atoms with Crippen molar-refractivity contribution in [1.29, 1.82) is 0 Å². The van der Waals surface area contributed by atoms with Gasteiger partial charge in [0.05, 0.1) is 0 Å². The highest BCUT2D eigenvalue weighted by molar-refractivity contribution is 5.93. The molecule has 0 atom stereocenters. The van der Waals surface area contributed by atoms with Crippen molar-refractivity contribution < 1.29 is 9.18 Å². The maximum atomic E-state index is 12.9. The van der Waals surface area contributed by atoms with Crippen molar-refractivity contribution in [2.75, 3.05) is 5.32 Å². The zero-order chi connectivity index (χ0) is 19.2. The van der Waals surface area contributed by atoms with Gasteiger partial charge in [0.15, 0.2) is 0 Å². The van der Waals surface area contributed by atoms with Gasteiger partial charge in [-0.1, -0.05) is 37.3 Å². The molecule has 0 spiro atoms. The Bertz CT molecular complexity index is 941. The predicted molar refractivity (Wildman–Crippen MR) is 103 cm³/mol. The van der Waals surface area contributed by atoms with Crippen LogP contribution in [-0.2, 0) is 13.0 Å². The van der Waals surface area contributed by atoms with Crippen molar-refractivity contribution >= 4 is 17.4 Å². The second-order valence-corrected chi connectivity index (χ2v) is 6.19. The lowest BCUT2D eigenvalue weighted by Gasteiger charge is -2.13. The number of amides is 1. The van der Waals surface area contributed by atoms with Crippen LogP contribution in [0.3, 0.4) is 0 Å². The number of aromatic nitrogens is 2. The molecule has 0 saturated heterocycles. The third-order valence-electron chi connectivity index (χ3n) is 4.26. The summed E-state index contributed by atoms with van der Waals surface area (Å²) in [5, 5.41) is 6.07. The SMILES string of the molecule is CCc1cccc(C)c1Nc1cc(C(=O)NCc2ccc(F)cc2)ncn1. The van der Waals surface area contributed by atoms with Crippen LogP contribution >= 0.6 is 0 Å². The zero-order valence-corrected chi connectivity index (χ0v) is 15.3. The van der Waals surface area contributed by atoms with Crippen LogP contribution in [0, 0.1) is 12.7 Å². The summed E-state index contributed by atoms with van der Waals surface area (Å²) < 4.78 is 12.9. The number of hydrogen-bond acceptors (Lipinski definition) is 4. The molecule has 0 radical (unpaired) electrons. The van der Waals surface area contributed by atoms with E-state index in [2.05, 4.69) is 33.6 Å². The first-order valence-electron chi connectivity index (χ1n) is 8.77. The van der Waals surface area contributed by atoms with Crippen molar-refractivity contribution in [3.8, 4) is 0 Å². The molecule has 5 nitrogen and oxygen atoms in total. The van der Waals surface area contributed by atoms with Crippen LogP contribution in [0.5, 0.6) is 0 Å². The van der Waals surface area contributed by atoms with Gasteiger partial charge in [-0.25, -0.2) is 14.4 Å². The second kappa shape index (κ2) is 8.40. The first-order chi connectivity index (χ1) is 13.1. The second-order valence-electron chi connectivity index (χ2n) is 6.19. The van der Waals surface area contributed by atoms with E-state index in [0.29, 0.717) is 12.4 Å². The van der Waals surface area contributed by atoms with E-state index in [-0.39, 0.29) is 17.4 Å². The Kier molecular flexibility index (Phi) is 5.76. The van der Waals surface area contributed by atoms with Gasteiger partial charge in [-0.3, -0.25) is 4.79 Å². The number of rotatable bonds is 6. The van der Waals surface area contributed by atoms with Crippen molar-refractivity contribution in [2.45, 2.75) is 26.8 Å². The van der Waals surface area contributed by atoms with Gasteiger partial charge >= 0.3 is 0 Å². The number of carbonyl (C=O) groups excluding carboxylic acids is 1. The molecular weight excluding hydrogens is 343 g/mol. The number of nitrogens with one attached hydrogen (secondary N) is 2. The van der Waals surface area contributed by atoms with Gasteiger partial charge in [0.2, 0.25) is 0 Å². The van der Waals surface area contributed by atoms with Gasteiger partial charge < -0.3 is 10.6 Å². The van der Waals surface area contributed by atoms with Crippen LogP contribution < -0.4 is 10.6 Å². The minimum absolute atomic E-state index is 0.265. The first kappa shape index (κ1) is 18.5. The Morgan fingerprint density at radius 3 is 2.63 bits per heavy atom. The minimum atomic E-state index is -0.315. The average molecular weight is 364 g/mol. The summed E-state index contributed by atoms with van der Waals surface area (Å²) in [6.45, 7) is 4.41. The standard InChI is InChI=1S/C21H21FN4O/c1-3-16-6-4-5-14(2)20(16)26-19-11-18(24-13-25-19)21(27)23-12-15-7-9-17(22)10-8-15/h4-11,13H,3,12H2,1-2H3,(H,23,27)(H,24,25,26). The van der Waals surface area contributed by atoms with E-state index >= 15 is 0 Å². The predicted octanol–water partition coefficient (Wildman–Crippen LogP) is 4.16. The van der Waals surface area contributed by atoms with Crippen LogP contribution in [0.2, 0.25) is 0 Å². The summed E-state index contributed by atoms with van der Waals surface area (Å²) in [5.41, 5.74) is 4.36. The molecule has 3 aromatic rings. The molecule has 0 bridgehead atoms. The monoisotopic (exact) mass is 364 g/mol. The Balaban J connectivity index is 1.71. The molecule has 0 aliphatic rings. The fourth-order valence-electron chi connectivity index (χ4n) is 2.76. The summed E-state index contributed by atoms with van der Waals surface area (Å²) in [6.07, 6.45) is 2.25. The van der Waals surface area contributed by atoms with Crippen molar-refractivity contribution in [1.82, 2.24) is 15.3 Å². The molecule has 0 aliphatic carbocycles. The molecular formula is C21H21FN4O. The highest BCUT2D eigenvalue weighted by atomic mass is 19.1. The van der Waals surface area contributed by atoms with Gasteiger partial charge in [0, 0.05) is 18.3 Å². The summed E-state index contributed by atoms with van der Waals surface area (Å²) in [6, 6.07) is 13.7. The Hall–Kier alpha value is -3.28. The number of para-hydroxylation sites is 1. The molecule has 0 fully saturated rings. The zero-order valence-electron chi connectivity index (χ0n) is 15.3. The van der Waals surface area contributed by atoms with Crippen molar-refractivity contribution in [3.05, 3.63) is 83.1 Å². The quantitative estimate of drug-likeness (QED) is 0.689. The molecule has 0 aliphatic heterocycles. The number of halogens is 1. The van der Waals surface area contributed by atoms with E-state index < -0.39 is 0 Å². The van der Waals surface area contributed by atoms with Gasteiger partial charge in [-0.15, -0.1) is 0 Å². The largest absolute Gasteiger partial charge is 0.347 e. The first-order valence-corrected chi connectivity index (χ1v) is 8.77. The molecule has 2 aromatic carbocycles. The highest BCUT2D eigenvalue weighted by Gasteiger charge is 2.11. The molecule has 1 amide bonds. The van der Waals surface area contributed by atoms with E-state index in [1.165, 1.54) is 24.0 Å². The molecule has 3 rings (SSSR count). The smallest absolute Gasteiger partial charge is 0.270 e. The summed E-state index contributed by atoms with van der Waals surface area (Å²) in [7, 11) is 0. The highest BCUT2D eigenvalue weighted by Crippen LogP contribution is 2.24. The normalized spacial score (nSPS) is 10.5. The number of hydrogen-bond donors (Lipinski definition) is 2. The van der Waals surface area contributed by atoms with Crippen LogP contribution in [0.1, 0.15) is 34.1 Å². The molecule has 0 saturated carbocycles. The number of nitrogens with zero attached hydrogens (tertiary/aromatic N) is 2. The lowest BCUT2D eigenvalue weighted by molar-refractivity contribution is 0.0946. The molecule has 0 unspecified atom stereocenters. The third-order valence-corrected chi connectivity index (χ3v) is 4.26. The van der Waals surface area contributed by atoms with Crippen LogP contribution in [0.15, 0.2) is 54.9 Å². The van der Waals surface area contributed by atoms with E-state index in [1.54, 1.807) is 18.2 Å². The molecule has 2 N–H and O–H groups in total. The summed E-state index contributed by atoms with van der Waals surface area (Å²) in [4.78, 5) is 20.6. The van der Waals surface area contributed by atoms with Gasteiger partial charge in [-0.2, -0.15) is 0 Å². The van der Waals surface area contributed by atoms with E-state index in [9.17, 15) is 9.18 Å². The maximum absolute atomic E-state index is 12.9. The maximum Gasteiger partial charge on any atom is 0.270 e. The fourth-order valence-corrected chi connectivity index (χ4v) is 2.76. The Morgan fingerprint density at radius 1 is 1.11 bits per heavy atom. The van der Waals surface area contributed by atoms with Gasteiger partial charge in [-0.05, 0) is 42.2 Å². The number of aryl methyl sites for hydroxylation is 2. The van der Waals surface area contributed by atoms with Crippen LogP contribution in [0.25, 0.3) is 0 Å². The number of benzene rings is 2. The van der Waals surface area contributed by atoms with E-state index in [1.807, 2.05) is 19.1 Å².